The van der Waals surface area contributed by atoms with E-state index in [0.717, 1.165) is 25.9 Å². The molecule has 0 spiro atoms. The van der Waals surface area contributed by atoms with E-state index < -0.39 is 0 Å². The quantitative estimate of drug-likeness (QED) is 0.885. The van der Waals surface area contributed by atoms with Gasteiger partial charge >= 0.3 is 0 Å². The highest BCUT2D eigenvalue weighted by molar-refractivity contribution is 6.00. The number of ether oxygens (including phenoxy) is 2. The van der Waals surface area contributed by atoms with E-state index in [1.807, 2.05) is 12.1 Å². The zero-order valence-electron chi connectivity index (χ0n) is 11.1. The predicted octanol–water partition coefficient (Wildman–Crippen LogP) is 2.03. The minimum Gasteiger partial charge on any atom is -0.497 e. The molecule has 2 aliphatic heterocycles. The van der Waals surface area contributed by atoms with Crippen LogP contribution in [0.25, 0.3) is 0 Å². The van der Waals surface area contributed by atoms with E-state index in [4.69, 9.17) is 9.47 Å². The number of fused-ring (bicyclic) bond motifs is 1. The molecule has 3 rings (SSSR count). The molecule has 1 saturated heterocycles. The number of rotatable bonds is 2. The lowest BCUT2D eigenvalue weighted by Crippen LogP contribution is -2.42. The number of piperidine rings is 1. The van der Waals surface area contributed by atoms with Gasteiger partial charge < -0.3 is 14.8 Å². The molecule has 1 aromatic rings. The number of carbonyl (C=O) groups excluding carboxylic acids is 1. The Kier molecular flexibility index (Phi) is 3.42. The summed E-state index contributed by atoms with van der Waals surface area (Å²) in [6, 6.07) is 5.45. The Morgan fingerprint density at radius 3 is 3.05 bits per heavy atom. The lowest BCUT2D eigenvalue weighted by Gasteiger charge is -2.34. The van der Waals surface area contributed by atoms with E-state index in [-0.39, 0.29) is 11.9 Å². The number of methoxy groups -OCH3 is 1. The number of Topliss-reactive ketones (excluding diaryl/α,β-unsaturated/α-hetero) is 1. The Hall–Kier alpha value is -1.55. The van der Waals surface area contributed by atoms with Crippen molar-refractivity contribution < 1.29 is 14.3 Å². The van der Waals surface area contributed by atoms with Crippen LogP contribution in [-0.2, 0) is 0 Å². The zero-order valence-corrected chi connectivity index (χ0v) is 11.1. The van der Waals surface area contributed by atoms with Gasteiger partial charge in [-0.3, -0.25) is 4.79 Å². The Bertz CT molecular complexity index is 480. The average Bonchev–Trinajstić information content (AvgIpc) is 2.48. The van der Waals surface area contributed by atoms with Crippen LogP contribution in [0.15, 0.2) is 18.2 Å². The molecule has 1 fully saturated rings. The second kappa shape index (κ2) is 5.21. The van der Waals surface area contributed by atoms with E-state index in [9.17, 15) is 4.79 Å². The molecule has 19 heavy (non-hydrogen) atoms. The molecule has 0 saturated carbocycles. The van der Waals surface area contributed by atoms with Crippen molar-refractivity contribution in [3.05, 3.63) is 23.8 Å². The van der Waals surface area contributed by atoms with Crippen molar-refractivity contribution in [1.82, 2.24) is 5.32 Å². The van der Waals surface area contributed by atoms with Crippen LogP contribution in [-0.4, -0.2) is 32.1 Å². The number of ketones is 1. The standard InChI is InChI=1S/C15H19NO3/c1-18-11-4-5-14-12(7-11)13(17)8-15(19-14)10-3-2-6-16-9-10/h4-5,7,10,15-16H,2-3,6,8-9H2,1H3/t10-,15+/m1/s1. The molecular weight excluding hydrogens is 242 g/mol. The first-order chi connectivity index (χ1) is 9.28. The predicted molar refractivity (Wildman–Crippen MR) is 72.0 cm³/mol. The summed E-state index contributed by atoms with van der Waals surface area (Å²) in [5.41, 5.74) is 0.652. The van der Waals surface area contributed by atoms with Crippen LogP contribution in [0.3, 0.4) is 0 Å². The molecule has 4 nitrogen and oxygen atoms in total. The molecule has 1 N–H and O–H groups in total. The largest absolute Gasteiger partial charge is 0.497 e. The monoisotopic (exact) mass is 261 g/mol. The molecule has 0 unspecified atom stereocenters. The highest BCUT2D eigenvalue weighted by atomic mass is 16.5. The fourth-order valence-corrected chi connectivity index (χ4v) is 2.91. The lowest BCUT2D eigenvalue weighted by molar-refractivity contribution is 0.0682. The van der Waals surface area contributed by atoms with Gasteiger partial charge in [0.05, 0.1) is 12.7 Å². The van der Waals surface area contributed by atoms with Gasteiger partial charge in [0, 0.05) is 18.9 Å². The van der Waals surface area contributed by atoms with Gasteiger partial charge in [0.15, 0.2) is 5.78 Å². The van der Waals surface area contributed by atoms with Gasteiger partial charge in [0.1, 0.15) is 17.6 Å². The molecule has 0 bridgehead atoms. The van der Waals surface area contributed by atoms with Crippen molar-refractivity contribution in [2.45, 2.75) is 25.4 Å². The molecule has 2 aliphatic rings. The Balaban J connectivity index is 1.81. The fraction of sp³-hybridized carbons (Fsp3) is 0.533. The van der Waals surface area contributed by atoms with Gasteiger partial charge in [0.25, 0.3) is 0 Å². The maximum atomic E-state index is 12.3. The molecule has 102 valence electrons. The summed E-state index contributed by atoms with van der Waals surface area (Å²) < 4.78 is 11.2. The molecule has 4 heteroatoms. The van der Waals surface area contributed by atoms with Gasteiger partial charge in [-0.05, 0) is 37.6 Å². The molecule has 0 aliphatic carbocycles. The van der Waals surface area contributed by atoms with Crippen LogP contribution in [0.5, 0.6) is 11.5 Å². The number of nitrogens with one attached hydrogen (secondary N) is 1. The minimum atomic E-state index is 0.0150. The Morgan fingerprint density at radius 2 is 2.32 bits per heavy atom. The van der Waals surface area contributed by atoms with Crippen molar-refractivity contribution >= 4 is 5.78 Å². The number of carbonyl (C=O) groups is 1. The molecule has 2 atom stereocenters. The van der Waals surface area contributed by atoms with Crippen LogP contribution in [0.2, 0.25) is 0 Å². The van der Waals surface area contributed by atoms with Crippen LogP contribution in [0.4, 0.5) is 0 Å². The maximum Gasteiger partial charge on any atom is 0.170 e. The first kappa shape index (κ1) is 12.5. The SMILES string of the molecule is COc1ccc2c(c1)C(=O)C[C@@H]([C@@H]1CCCNC1)O2. The Morgan fingerprint density at radius 1 is 1.42 bits per heavy atom. The molecule has 2 heterocycles. The molecule has 1 aromatic carbocycles. The maximum absolute atomic E-state index is 12.3. The van der Waals surface area contributed by atoms with E-state index >= 15 is 0 Å². The summed E-state index contributed by atoms with van der Waals surface area (Å²) >= 11 is 0. The van der Waals surface area contributed by atoms with Gasteiger partial charge in [0.2, 0.25) is 0 Å². The molecule has 0 radical (unpaired) electrons. The third-order valence-corrected chi connectivity index (χ3v) is 4.01. The summed E-state index contributed by atoms with van der Waals surface area (Å²) in [6.45, 7) is 2.02. The van der Waals surface area contributed by atoms with E-state index in [2.05, 4.69) is 5.32 Å². The number of hydrogen-bond acceptors (Lipinski definition) is 4. The Labute approximate surface area is 113 Å². The van der Waals surface area contributed by atoms with Crippen molar-refractivity contribution in [2.24, 2.45) is 5.92 Å². The van der Waals surface area contributed by atoms with Crippen LogP contribution >= 0.6 is 0 Å². The summed E-state index contributed by atoms with van der Waals surface area (Å²) in [5.74, 6) is 2.00. The normalized spacial score (nSPS) is 26.5. The van der Waals surface area contributed by atoms with E-state index in [0.29, 0.717) is 29.4 Å². The summed E-state index contributed by atoms with van der Waals surface area (Å²) in [5, 5.41) is 3.38. The van der Waals surface area contributed by atoms with Crippen molar-refractivity contribution in [3.8, 4) is 11.5 Å². The molecular formula is C15H19NO3. The third kappa shape index (κ3) is 2.45. The van der Waals surface area contributed by atoms with Gasteiger partial charge in [-0.15, -0.1) is 0 Å². The fourth-order valence-electron chi connectivity index (χ4n) is 2.91. The summed E-state index contributed by atoms with van der Waals surface area (Å²) in [7, 11) is 1.60. The van der Waals surface area contributed by atoms with Crippen molar-refractivity contribution in [3.63, 3.8) is 0 Å². The second-order valence-corrected chi connectivity index (χ2v) is 5.25. The average molecular weight is 261 g/mol. The summed E-state index contributed by atoms with van der Waals surface area (Å²) in [4.78, 5) is 12.3. The van der Waals surface area contributed by atoms with Crippen molar-refractivity contribution in [1.29, 1.82) is 0 Å². The van der Waals surface area contributed by atoms with Crippen LogP contribution in [0.1, 0.15) is 29.6 Å². The first-order valence-corrected chi connectivity index (χ1v) is 6.86. The van der Waals surface area contributed by atoms with Gasteiger partial charge in [-0.2, -0.15) is 0 Å². The first-order valence-electron chi connectivity index (χ1n) is 6.86. The zero-order chi connectivity index (χ0) is 13.2. The molecule has 0 amide bonds. The van der Waals surface area contributed by atoms with Gasteiger partial charge in [-0.1, -0.05) is 0 Å². The summed E-state index contributed by atoms with van der Waals surface area (Å²) in [6.07, 6.45) is 2.79. The topological polar surface area (TPSA) is 47.6 Å². The lowest BCUT2D eigenvalue weighted by atomic mass is 9.87. The van der Waals surface area contributed by atoms with Gasteiger partial charge in [-0.25, -0.2) is 0 Å². The second-order valence-electron chi connectivity index (χ2n) is 5.25. The van der Waals surface area contributed by atoms with Crippen LogP contribution < -0.4 is 14.8 Å². The van der Waals surface area contributed by atoms with Crippen LogP contribution in [0, 0.1) is 5.92 Å². The molecule has 0 aromatic heterocycles. The third-order valence-electron chi connectivity index (χ3n) is 4.01. The minimum absolute atomic E-state index is 0.0150. The smallest absolute Gasteiger partial charge is 0.170 e. The van der Waals surface area contributed by atoms with E-state index in [1.54, 1.807) is 13.2 Å². The highest BCUT2D eigenvalue weighted by Gasteiger charge is 2.33. The number of hydrogen-bond donors (Lipinski definition) is 1. The van der Waals surface area contributed by atoms with Crippen molar-refractivity contribution in [2.75, 3.05) is 20.2 Å². The highest BCUT2D eigenvalue weighted by Crippen LogP contribution is 2.34. The van der Waals surface area contributed by atoms with E-state index in [1.165, 1.54) is 0 Å². The number of benzene rings is 1.